The van der Waals surface area contributed by atoms with Crippen molar-refractivity contribution in [1.82, 2.24) is 4.90 Å². The molecule has 0 aliphatic heterocycles. The van der Waals surface area contributed by atoms with Gasteiger partial charge >= 0.3 is 0 Å². The summed E-state index contributed by atoms with van der Waals surface area (Å²) in [6.07, 6.45) is 0. The first kappa shape index (κ1) is 10.9. The Kier molecular flexibility index (Phi) is 4.00. The van der Waals surface area contributed by atoms with Gasteiger partial charge < -0.3 is 15.4 Å². The summed E-state index contributed by atoms with van der Waals surface area (Å²) in [6, 6.07) is 0.271. The lowest BCUT2D eigenvalue weighted by molar-refractivity contribution is -0.0368. The molecule has 0 amide bonds. The van der Waals surface area contributed by atoms with E-state index in [0.29, 0.717) is 6.54 Å². The van der Waals surface area contributed by atoms with Gasteiger partial charge in [0.25, 0.3) is 0 Å². The molecule has 0 aromatic heterocycles. The molecular formula is C8H20N2O. The molecule has 0 saturated heterocycles. The summed E-state index contributed by atoms with van der Waals surface area (Å²) in [5.74, 6) is 0. The first-order valence-electron chi connectivity index (χ1n) is 3.87. The van der Waals surface area contributed by atoms with E-state index in [1.165, 1.54) is 0 Å². The minimum Gasteiger partial charge on any atom is -0.377 e. The predicted molar refractivity (Wildman–Crippen MR) is 47.6 cm³/mol. The second-order valence-electron chi connectivity index (χ2n) is 3.52. The molecule has 0 aliphatic carbocycles. The summed E-state index contributed by atoms with van der Waals surface area (Å²) in [5, 5.41) is 0. The van der Waals surface area contributed by atoms with Gasteiger partial charge in [0.05, 0.1) is 5.60 Å². The van der Waals surface area contributed by atoms with Crippen LogP contribution in [-0.2, 0) is 4.74 Å². The Hall–Kier alpha value is -0.120. The van der Waals surface area contributed by atoms with Crippen LogP contribution in [0, 0.1) is 0 Å². The first-order chi connectivity index (χ1) is 4.95. The Bertz CT molecular complexity index is 113. The van der Waals surface area contributed by atoms with Crippen LogP contribution in [0.3, 0.4) is 0 Å². The zero-order chi connectivity index (χ0) is 9.07. The Labute approximate surface area is 69.5 Å². The molecular weight excluding hydrogens is 140 g/mol. The Morgan fingerprint density at radius 2 is 1.91 bits per heavy atom. The fourth-order valence-corrected chi connectivity index (χ4v) is 1.25. The highest BCUT2D eigenvalue weighted by Gasteiger charge is 2.29. The number of hydrogen-bond donors (Lipinski definition) is 1. The summed E-state index contributed by atoms with van der Waals surface area (Å²) in [5.41, 5.74) is 5.45. The fraction of sp³-hybridized carbons (Fsp3) is 1.00. The maximum absolute atomic E-state index is 5.61. The Morgan fingerprint density at radius 3 is 2.00 bits per heavy atom. The zero-order valence-electron chi connectivity index (χ0n) is 8.22. The van der Waals surface area contributed by atoms with Crippen molar-refractivity contribution in [3.05, 3.63) is 0 Å². The summed E-state index contributed by atoms with van der Waals surface area (Å²) in [7, 11) is 5.74. The minimum absolute atomic E-state index is 0.168. The van der Waals surface area contributed by atoms with Crippen molar-refractivity contribution in [1.29, 1.82) is 0 Å². The highest BCUT2D eigenvalue weighted by Crippen LogP contribution is 2.16. The van der Waals surface area contributed by atoms with E-state index < -0.39 is 0 Å². The van der Waals surface area contributed by atoms with Crippen LogP contribution in [0.1, 0.15) is 13.8 Å². The third kappa shape index (κ3) is 2.77. The molecule has 0 spiro atoms. The monoisotopic (exact) mass is 160 g/mol. The normalized spacial score (nSPS) is 15.5. The molecule has 1 atom stereocenters. The fourth-order valence-electron chi connectivity index (χ4n) is 1.25. The topological polar surface area (TPSA) is 38.5 Å². The van der Waals surface area contributed by atoms with E-state index in [4.69, 9.17) is 10.5 Å². The largest absolute Gasteiger partial charge is 0.377 e. The predicted octanol–water partition coefficient (Wildman–Crippen LogP) is 0.300. The lowest BCUT2D eigenvalue weighted by Gasteiger charge is -2.36. The van der Waals surface area contributed by atoms with Crippen LogP contribution in [0.15, 0.2) is 0 Å². The van der Waals surface area contributed by atoms with Crippen molar-refractivity contribution < 1.29 is 4.74 Å². The van der Waals surface area contributed by atoms with Gasteiger partial charge in [-0.1, -0.05) is 0 Å². The second-order valence-corrected chi connectivity index (χ2v) is 3.52. The van der Waals surface area contributed by atoms with Crippen LogP contribution in [0.4, 0.5) is 0 Å². The average molecular weight is 160 g/mol. The van der Waals surface area contributed by atoms with E-state index >= 15 is 0 Å². The molecule has 3 nitrogen and oxygen atoms in total. The molecule has 0 aromatic carbocycles. The molecule has 0 aromatic rings. The zero-order valence-corrected chi connectivity index (χ0v) is 8.22. The van der Waals surface area contributed by atoms with E-state index in [-0.39, 0.29) is 11.6 Å². The van der Waals surface area contributed by atoms with Crippen molar-refractivity contribution >= 4 is 0 Å². The van der Waals surface area contributed by atoms with Gasteiger partial charge in [-0.25, -0.2) is 0 Å². The highest BCUT2D eigenvalue weighted by atomic mass is 16.5. The molecule has 3 heteroatoms. The lowest BCUT2D eigenvalue weighted by Crippen LogP contribution is -2.51. The Morgan fingerprint density at radius 1 is 1.45 bits per heavy atom. The molecule has 68 valence electrons. The molecule has 0 radical (unpaired) electrons. The molecule has 0 fully saturated rings. The van der Waals surface area contributed by atoms with Crippen molar-refractivity contribution in [3.8, 4) is 0 Å². The van der Waals surface area contributed by atoms with E-state index in [1.807, 2.05) is 27.9 Å². The number of likely N-dealkylation sites (N-methyl/N-ethyl adjacent to an activating group) is 1. The standard InChI is InChI=1S/C8H20N2O/c1-8(2,11-5)7(6-9)10(3)4/h7H,6,9H2,1-5H3. The molecule has 1 unspecified atom stereocenters. The maximum Gasteiger partial charge on any atom is 0.0789 e. The third-order valence-electron chi connectivity index (χ3n) is 2.18. The molecule has 11 heavy (non-hydrogen) atoms. The van der Waals surface area contributed by atoms with Gasteiger partial charge in [-0.15, -0.1) is 0 Å². The molecule has 0 bridgehead atoms. The number of methoxy groups -OCH3 is 1. The van der Waals surface area contributed by atoms with E-state index in [2.05, 4.69) is 4.90 Å². The van der Waals surface area contributed by atoms with E-state index in [0.717, 1.165) is 0 Å². The average Bonchev–Trinajstić information content (AvgIpc) is 1.88. The molecule has 0 saturated carbocycles. The van der Waals surface area contributed by atoms with Crippen molar-refractivity contribution in [2.45, 2.75) is 25.5 Å². The number of rotatable bonds is 4. The summed E-state index contributed by atoms with van der Waals surface area (Å²) >= 11 is 0. The first-order valence-corrected chi connectivity index (χ1v) is 3.87. The summed E-state index contributed by atoms with van der Waals surface area (Å²) in [6.45, 7) is 4.71. The van der Waals surface area contributed by atoms with Gasteiger partial charge in [0.1, 0.15) is 0 Å². The SMILES string of the molecule is COC(C)(C)C(CN)N(C)C. The molecule has 0 heterocycles. The number of nitrogens with zero attached hydrogens (tertiary/aromatic N) is 1. The van der Waals surface area contributed by atoms with Crippen molar-refractivity contribution in [2.75, 3.05) is 27.7 Å². The van der Waals surface area contributed by atoms with E-state index in [1.54, 1.807) is 7.11 Å². The van der Waals surface area contributed by atoms with Gasteiger partial charge in [0.2, 0.25) is 0 Å². The molecule has 0 aliphatic rings. The van der Waals surface area contributed by atoms with Crippen LogP contribution < -0.4 is 5.73 Å². The van der Waals surface area contributed by atoms with Crippen LogP contribution >= 0.6 is 0 Å². The van der Waals surface area contributed by atoms with Gasteiger partial charge in [0.15, 0.2) is 0 Å². The van der Waals surface area contributed by atoms with Crippen LogP contribution in [0.5, 0.6) is 0 Å². The summed E-state index contributed by atoms with van der Waals surface area (Å²) in [4.78, 5) is 2.09. The van der Waals surface area contributed by atoms with Crippen molar-refractivity contribution in [2.24, 2.45) is 5.73 Å². The van der Waals surface area contributed by atoms with E-state index in [9.17, 15) is 0 Å². The lowest BCUT2D eigenvalue weighted by atomic mass is 9.98. The van der Waals surface area contributed by atoms with Gasteiger partial charge in [0, 0.05) is 19.7 Å². The van der Waals surface area contributed by atoms with Gasteiger partial charge in [-0.05, 0) is 27.9 Å². The number of ether oxygens (including phenoxy) is 1. The van der Waals surface area contributed by atoms with Crippen LogP contribution in [0.2, 0.25) is 0 Å². The second kappa shape index (κ2) is 4.04. The highest BCUT2D eigenvalue weighted by molar-refractivity contribution is 4.85. The summed E-state index contributed by atoms with van der Waals surface area (Å²) < 4.78 is 5.33. The van der Waals surface area contributed by atoms with Gasteiger partial charge in [-0.3, -0.25) is 0 Å². The maximum atomic E-state index is 5.61. The smallest absolute Gasteiger partial charge is 0.0789 e. The quantitative estimate of drug-likeness (QED) is 0.643. The third-order valence-corrected chi connectivity index (χ3v) is 2.18. The van der Waals surface area contributed by atoms with Crippen LogP contribution in [0.25, 0.3) is 0 Å². The number of hydrogen-bond acceptors (Lipinski definition) is 3. The van der Waals surface area contributed by atoms with Crippen LogP contribution in [-0.4, -0.2) is 44.3 Å². The minimum atomic E-state index is -0.168. The molecule has 2 N–H and O–H groups in total. The Balaban J connectivity index is 4.23. The van der Waals surface area contributed by atoms with Gasteiger partial charge in [-0.2, -0.15) is 0 Å². The molecule has 0 rings (SSSR count). The van der Waals surface area contributed by atoms with Crippen molar-refractivity contribution in [3.63, 3.8) is 0 Å². The number of nitrogens with two attached hydrogens (primary N) is 1.